The molecule has 0 bridgehead atoms. The molecule has 0 unspecified atom stereocenters. The van der Waals surface area contributed by atoms with Gasteiger partial charge in [-0.15, -0.1) is 0 Å². The van der Waals surface area contributed by atoms with E-state index in [0.717, 1.165) is 0 Å². The molecular weight excluding hydrogens is 382 g/mol. The first-order valence-electron chi connectivity index (χ1n) is 8.00. The van der Waals surface area contributed by atoms with Gasteiger partial charge >= 0.3 is 5.97 Å². The Labute approximate surface area is 155 Å². The lowest BCUT2D eigenvalue weighted by atomic mass is 10.1. The van der Waals surface area contributed by atoms with Gasteiger partial charge in [-0.25, -0.2) is 13.2 Å². The number of likely N-dealkylation sites (N-methyl/N-ethyl adjacent to an activating group) is 1. The number of fused-ring (bicyclic) bond motifs is 1. The second-order valence-corrected chi connectivity index (χ2v) is 8.95. The topological polar surface area (TPSA) is 93.9 Å². The Morgan fingerprint density at radius 2 is 2.12 bits per heavy atom. The Balaban J connectivity index is 1.66. The molecule has 26 heavy (non-hydrogen) atoms. The molecule has 0 N–H and O–H groups in total. The summed E-state index contributed by atoms with van der Waals surface area (Å²) < 4.78 is 33.6. The fraction of sp³-hybridized carbons (Fsp3) is 0.412. The second-order valence-electron chi connectivity index (χ2n) is 6.31. The number of carbonyl (C=O) groups is 2. The van der Waals surface area contributed by atoms with E-state index in [-0.39, 0.29) is 17.3 Å². The molecular formula is C17H18ClNO6S. The summed E-state index contributed by atoms with van der Waals surface area (Å²) in [5, 5.41) is 1.08. The molecule has 1 aromatic heterocycles. The number of carbonyl (C=O) groups excluding carboxylic acids is 2. The van der Waals surface area contributed by atoms with Gasteiger partial charge in [0.25, 0.3) is 5.91 Å². The molecule has 0 aliphatic carbocycles. The molecule has 1 atom stereocenters. The monoisotopic (exact) mass is 399 g/mol. The first-order valence-corrected chi connectivity index (χ1v) is 10.2. The maximum atomic E-state index is 12.3. The first-order chi connectivity index (χ1) is 12.2. The van der Waals surface area contributed by atoms with E-state index < -0.39 is 34.4 Å². The minimum absolute atomic E-state index is 0.00741. The number of esters is 1. The molecule has 9 heteroatoms. The lowest BCUT2D eigenvalue weighted by Crippen LogP contribution is -2.40. The van der Waals surface area contributed by atoms with Crippen LogP contribution in [0.1, 0.15) is 22.5 Å². The molecule has 0 spiro atoms. The molecule has 2 aromatic rings. The van der Waals surface area contributed by atoms with Crippen LogP contribution in [0.4, 0.5) is 0 Å². The van der Waals surface area contributed by atoms with Crippen LogP contribution < -0.4 is 0 Å². The zero-order chi connectivity index (χ0) is 19.1. The number of benzene rings is 1. The lowest BCUT2D eigenvalue weighted by molar-refractivity contribution is -0.134. The van der Waals surface area contributed by atoms with Crippen molar-refractivity contribution in [1.29, 1.82) is 0 Å². The summed E-state index contributed by atoms with van der Waals surface area (Å²) in [6.07, 6.45) is 0.389. The molecule has 1 saturated heterocycles. The summed E-state index contributed by atoms with van der Waals surface area (Å²) in [6, 6.07) is 4.78. The van der Waals surface area contributed by atoms with Gasteiger partial charge < -0.3 is 14.1 Å². The summed E-state index contributed by atoms with van der Waals surface area (Å²) in [7, 11) is -1.59. The number of aryl methyl sites for hydroxylation is 1. The van der Waals surface area contributed by atoms with Crippen LogP contribution in [0.25, 0.3) is 11.0 Å². The Morgan fingerprint density at radius 1 is 1.38 bits per heavy atom. The quantitative estimate of drug-likeness (QED) is 0.731. The Hall–Kier alpha value is -2.06. The summed E-state index contributed by atoms with van der Waals surface area (Å²) in [5.74, 6) is -1.24. The largest absolute Gasteiger partial charge is 0.450 e. The van der Waals surface area contributed by atoms with Crippen LogP contribution in [-0.2, 0) is 19.4 Å². The molecule has 3 rings (SSSR count). The molecule has 0 saturated carbocycles. The third-order valence-electron chi connectivity index (χ3n) is 4.58. The molecule has 2 heterocycles. The van der Waals surface area contributed by atoms with E-state index in [1.165, 1.54) is 11.9 Å². The van der Waals surface area contributed by atoms with Gasteiger partial charge in [-0.2, -0.15) is 0 Å². The van der Waals surface area contributed by atoms with Crippen LogP contribution in [0.3, 0.4) is 0 Å². The lowest BCUT2D eigenvalue weighted by Gasteiger charge is -2.23. The number of rotatable bonds is 4. The van der Waals surface area contributed by atoms with Crippen LogP contribution >= 0.6 is 11.6 Å². The van der Waals surface area contributed by atoms with E-state index >= 15 is 0 Å². The van der Waals surface area contributed by atoms with Crippen molar-refractivity contribution in [2.75, 3.05) is 25.2 Å². The molecule has 0 radical (unpaired) electrons. The van der Waals surface area contributed by atoms with E-state index in [1.54, 1.807) is 25.1 Å². The zero-order valence-corrected chi connectivity index (χ0v) is 15.9. The summed E-state index contributed by atoms with van der Waals surface area (Å²) in [6.45, 7) is 1.21. The second kappa shape index (κ2) is 6.92. The Kier molecular flexibility index (Phi) is 4.98. The normalized spacial score (nSPS) is 18.8. The van der Waals surface area contributed by atoms with Crippen molar-refractivity contribution in [3.63, 3.8) is 0 Å². The Bertz CT molecular complexity index is 981. The number of furan rings is 1. The van der Waals surface area contributed by atoms with Crippen LogP contribution in [0.2, 0.25) is 5.02 Å². The molecule has 1 amide bonds. The van der Waals surface area contributed by atoms with Crippen molar-refractivity contribution in [2.45, 2.75) is 19.4 Å². The molecule has 1 aliphatic heterocycles. The van der Waals surface area contributed by atoms with E-state index in [0.29, 0.717) is 28.0 Å². The number of sulfone groups is 1. The van der Waals surface area contributed by atoms with Gasteiger partial charge in [0.2, 0.25) is 5.76 Å². The SMILES string of the molecule is Cc1c(C(=O)OCC(=O)N(C)[C@H]2CCS(=O)(=O)C2)oc2c(Cl)cccc12. The van der Waals surface area contributed by atoms with Crippen molar-refractivity contribution in [2.24, 2.45) is 0 Å². The third-order valence-corrected chi connectivity index (χ3v) is 6.63. The highest BCUT2D eigenvalue weighted by molar-refractivity contribution is 7.91. The van der Waals surface area contributed by atoms with Crippen molar-refractivity contribution in [3.8, 4) is 0 Å². The van der Waals surface area contributed by atoms with Crippen molar-refractivity contribution in [3.05, 3.63) is 34.5 Å². The average molecular weight is 400 g/mol. The maximum absolute atomic E-state index is 12.3. The maximum Gasteiger partial charge on any atom is 0.375 e. The minimum Gasteiger partial charge on any atom is -0.450 e. The fourth-order valence-corrected chi connectivity index (χ4v) is 4.97. The van der Waals surface area contributed by atoms with Gasteiger partial charge in [-0.05, 0) is 19.4 Å². The van der Waals surface area contributed by atoms with Crippen molar-refractivity contribution >= 4 is 44.3 Å². The van der Waals surface area contributed by atoms with Gasteiger partial charge in [-0.3, -0.25) is 4.79 Å². The number of nitrogens with zero attached hydrogens (tertiary/aromatic N) is 1. The fourth-order valence-electron chi connectivity index (χ4n) is 2.98. The number of hydrogen-bond acceptors (Lipinski definition) is 6. The molecule has 140 valence electrons. The predicted molar refractivity (Wildman–Crippen MR) is 96.1 cm³/mol. The number of halogens is 1. The molecule has 1 fully saturated rings. The van der Waals surface area contributed by atoms with E-state index in [9.17, 15) is 18.0 Å². The molecule has 1 aliphatic rings. The van der Waals surface area contributed by atoms with Crippen molar-refractivity contribution < 1.29 is 27.2 Å². The standard InChI is InChI=1S/C17H18ClNO6S/c1-10-12-4-3-5-13(18)16(12)25-15(10)17(21)24-8-14(20)19(2)11-6-7-26(22,23)9-11/h3-5,11H,6-9H2,1-2H3/t11-/m0/s1. The van der Waals surface area contributed by atoms with Gasteiger partial charge in [-0.1, -0.05) is 23.7 Å². The third kappa shape index (κ3) is 3.57. The van der Waals surface area contributed by atoms with Crippen LogP contribution in [0, 0.1) is 6.92 Å². The van der Waals surface area contributed by atoms with Gasteiger partial charge in [0.1, 0.15) is 0 Å². The molecule has 7 nitrogen and oxygen atoms in total. The smallest absolute Gasteiger partial charge is 0.375 e. The number of para-hydroxylation sites is 1. The summed E-state index contributed by atoms with van der Waals surface area (Å²) >= 11 is 6.06. The Morgan fingerprint density at radius 3 is 2.73 bits per heavy atom. The zero-order valence-electron chi connectivity index (χ0n) is 14.3. The number of amides is 1. The minimum atomic E-state index is -3.10. The van der Waals surface area contributed by atoms with E-state index in [2.05, 4.69) is 0 Å². The van der Waals surface area contributed by atoms with Gasteiger partial charge in [0.05, 0.1) is 16.5 Å². The highest BCUT2D eigenvalue weighted by atomic mass is 35.5. The van der Waals surface area contributed by atoms with E-state index in [1.807, 2.05) is 0 Å². The van der Waals surface area contributed by atoms with Crippen molar-refractivity contribution in [1.82, 2.24) is 4.90 Å². The van der Waals surface area contributed by atoms with Crippen LogP contribution in [0.15, 0.2) is 22.6 Å². The predicted octanol–water partition coefficient (Wildman–Crippen LogP) is 2.20. The van der Waals surface area contributed by atoms with E-state index in [4.69, 9.17) is 20.8 Å². The average Bonchev–Trinajstić information content (AvgIpc) is 3.13. The van der Waals surface area contributed by atoms with Crippen LogP contribution in [-0.4, -0.2) is 56.4 Å². The highest BCUT2D eigenvalue weighted by Gasteiger charge is 2.33. The number of hydrogen-bond donors (Lipinski definition) is 0. The summed E-state index contributed by atoms with van der Waals surface area (Å²) in [5.41, 5.74) is 0.966. The van der Waals surface area contributed by atoms with Crippen LogP contribution in [0.5, 0.6) is 0 Å². The number of ether oxygens (including phenoxy) is 1. The molecule has 1 aromatic carbocycles. The first kappa shape index (κ1) is 18.7. The van der Waals surface area contributed by atoms with Gasteiger partial charge in [0.15, 0.2) is 22.0 Å². The van der Waals surface area contributed by atoms with Gasteiger partial charge in [0, 0.05) is 24.0 Å². The summed E-state index contributed by atoms with van der Waals surface area (Å²) in [4.78, 5) is 25.8. The highest BCUT2D eigenvalue weighted by Crippen LogP contribution is 2.31.